The van der Waals surface area contributed by atoms with Crippen LogP contribution in [0, 0.1) is 5.82 Å². The van der Waals surface area contributed by atoms with E-state index < -0.39 is 17.3 Å². The second-order valence-electron chi connectivity index (χ2n) is 3.11. The first kappa shape index (κ1) is 10.2. The van der Waals surface area contributed by atoms with Gasteiger partial charge in [-0.3, -0.25) is 14.7 Å². The van der Waals surface area contributed by atoms with Crippen LogP contribution in [0.25, 0.3) is 5.69 Å². The Morgan fingerprint density at radius 2 is 2.19 bits per heavy atom. The molecule has 0 aliphatic carbocycles. The molecule has 0 spiro atoms. The van der Waals surface area contributed by atoms with E-state index in [0.29, 0.717) is 0 Å². The fraction of sp³-hybridized carbons (Fsp3) is 0. The molecule has 6 heteroatoms. The molecule has 2 rings (SSSR count). The number of nitrogens with zero attached hydrogens (tertiary/aromatic N) is 1. The molecule has 0 aliphatic rings. The zero-order valence-corrected chi connectivity index (χ0v) is 7.98. The molecule has 1 aromatic heterocycles. The van der Waals surface area contributed by atoms with E-state index in [9.17, 15) is 19.1 Å². The van der Waals surface area contributed by atoms with Crippen LogP contribution >= 0.6 is 0 Å². The summed E-state index contributed by atoms with van der Waals surface area (Å²) in [5, 5.41) is 11.8. The van der Waals surface area contributed by atoms with Gasteiger partial charge in [-0.05, 0) is 18.2 Å². The van der Waals surface area contributed by atoms with Crippen LogP contribution in [0.5, 0.6) is 5.88 Å². The number of hydrogen-bond donors (Lipinski definition) is 2. The average Bonchev–Trinajstić information content (AvgIpc) is 2.54. The number of rotatable bonds is 2. The second kappa shape index (κ2) is 3.65. The maximum Gasteiger partial charge on any atom is 0.279 e. The van der Waals surface area contributed by atoms with Gasteiger partial charge in [0.1, 0.15) is 11.4 Å². The smallest absolute Gasteiger partial charge is 0.279 e. The molecule has 0 unspecified atom stereocenters. The molecular formula is C10H7FN2O3. The highest BCUT2D eigenvalue weighted by Crippen LogP contribution is 2.17. The number of halogens is 1. The van der Waals surface area contributed by atoms with Gasteiger partial charge in [0.2, 0.25) is 5.88 Å². The summed E-state index contributed by atoms with van der Waals surface area (Å²) < 4.78 is 13.9. The minimum Gasteiger partial charge on any atom is -0.493 e. The summed E-state index contributed by atoms with van der Waals surface area (Å²) in [6.45, 7) is 0. The molecular weight excluding hydrogens is 215 g/mol. The largest absolute Gasteiger partial charge is 0.493 e. The minimum atomic E-state index is -0.725. The molecule has 0 aliphatic heterocycles. The molecule has 2 N–H and O–H groups in total. The first-order valence-electron chi connectivity index (χ1n) is 4.38. The lowest BCUT2D eigenvalue weighted by molar-refractivity contribution is 0.112. The van der Waals surface area contributed by atoms with E-state index in [1.807, 2.05) is 0 Å². The molecule has 0 saturated carbocycles. The Labute approximate surface area is 88.7 Å². The quantitative estimate of drug-likeness (QED) is 0.739. The second-order valence-corrected chi connectivity index (χ2v) is 3.11. The van der Waals surface area contributed by atoms with Crippen LogP contribution in [0.4, 0.5) is 4.39 Å². The first-order chi connectivity index (χ1) is 7.63. The number of hydrogen-bond acceptors (Lipinski definition) is 3. The predicted octanol–water partition coefficient (Wildman–Crippen LogP) is 0.823. The van der Waals surface area contributed by atoms with Crippen molar-refractivity contribution < 1.29 is 14.3 Å². The summed E-state index contributed by atoms with van der Waals surface area (Å²) in [5.74, 6) is -1.05. The van der Waals surface area contributed by atoms with Crippen LogP contribution in [0.1, 0.15) is 10.4 Å². The topological polar surface area (TPSA) is 75.1 Å². The average molecular weight is 222 g/mol. The standard InChI is InChI=1S/C10H7FN2O3/c11-6-2-1-3-7(4-6)13-10(16)8(5-14)9(15)12-13/h1-5,16H,(H,12,15). The van der Waals surface area contributed by atoms with E-state index in [-0.39, 0.29) is 17.5 Å². The van der Waals surface area contributed by atoms with Gasteiger partial charge in [-0.1, -0.05) is 6.07 Å². The van der Waals surface area contributed by atoms with E-state index >= 15 is 0 Å². The van der Waals surface area contributed by atoms with Crippen molar-refractivity contribution in [1.82, 2.24) is 9.78 Å². The Morgan fingerprint density at radius 1 is 1.44 bits per heavy atom. The van der Waals surface area contributed by atoms with Crippen molar-refractivity contribution in [1.29, 1.82) is 0 Å². The van der Waals surface area contributed by atoms with Crippen LogP contribution in [0.2, 0.25) is 0 Å². The monoisotopic (exact) mass is 222 g/mol. The van der Waals surface area contributed by atoms with Gasteiger partial charge in [0.05, 0.1) is 5.69 Å². The number of aromatic hydroxyl groups is 1. The van der Waals surface area contributed by atoms with Gasteiger partial charge < -0.3 is 5.11 Å². The molecule has 2 aromatic rings. The molecule has 5 nitrogen and oxygen atoms in total. The predicted molar refractivity (Wildman–Crippen MR) is 53.4 cm³/mol. The SMILES string of the molecule is O=Cc1c(O)n(-c2cccc(F)c2)[nH]c1=O. The number of aromatic amines is 1. The highest BCUT2D eigenvalue weighted by Gasteiger charge is 2.14. The van der Waals surface area contributed by atoms with Crippen LogP contribution in [-0.4, -0.2) is 21.2 Å². The first-order valence-corrected chi connectivity index (χ1v) is 4.38. The van der Waals surface area contributed by atoms with Gasteiger partial charge >= 0.3 is 0 Å². The van der Waals surface area contributed by atoms with E-state index in [1.54, 1.807) is 0 Å². The highest BCUT2D eigenvalue weighted by molar-refractivity contribution is 5.77. The summed E-state index contributed by atoms with van der Waals surface area (Å²) in [6, 6.07) is 5.24. The van der Waals surface area contributed by atoms with Crippen molar-refractivity contribution in [2.45, 2.75) is 0 Å². The van der Waals surface area contributed by atoms with Gasteiger partial charge in [0.15, 0.2) is 6.29 Å². The van der Waals surface area contributed by atoms with Crippen LogP contribution < -0.4 is 5.56 Å². The lowest BCUT2D eigenvalue weighted by Gasteiger charge is -2.03. The van der Waals surface area contributed by atoms with Gasteiger partial charge in [-0.25, -0.2) is 9.07 Å². The van der Waals surface area contributed by atoms with Gasteiger partial charge in [-0.2, -0.15) is 0 Å². The molecule has 16 heavy (non-hydrogen) atoms. The molecule has 82 valence electrons. The van der Waals surface area contributed by atoms with Crippen molar-refractivity contribution in [3.63, 3.8) is 0 Å². The molecule has 0 saturated heterocycles. The third-order valence-corrected chi connectivity index (χ3v) is 2.09. The third kappa shape index (κ3) is 1.50. The zero-order chi connectivity index (χ0) is 11.7. The van der Waals surface area contributed by atoms with E-state index in [0.717, 1.165) is 10.7 Å². The van der Waals surface area contributed by atoms with E-state index in [4.69, 9.17) is 0 Å². The fourth-order valence-electron chi connectivity index (χ4n) is 1.34. The minimum absolute atomic E-state index is 0.225. The van der Waals surface area contributed by atoms with Crippen LogP contribution in [0.3, 0.4) is 0 Å². The third-order valence-electron chi connectivity index (χ3n) is 2.09. The maximum atomic E-state index is 12.9. The Morgan fingerprint density at radius 3 is 2.75 bits per heavy atom. The van der Waals surface area contributed by atoms with Gasteiger partial charge in [0.25, 0.3) is 5.56 Å². The Bertz CT molecular complexity index is 600. The molecule has 1 aromatic carbocycles. The molecule has 0 radical (unpaired) electrons. The summed E-state index contributed by atoms with van der Waals surface area (Å²) >= 11 is 0. The summed E-state index contributed by atoms with van der Waals surface area (Å²) in [4.78, 5) is 21.7. The van der Waals surface area contributed by atoms with Gasteiger partial charge in [0, 0.05) is 0 Å². The Kier molecular flexibility index (Phi) is 2.32. The number of benzene rings is 1. The fourth-order valence-corrected chi connectivity index (χ4v) is 1.34. The molecule has 1 heterocycles. The van der Waals surface area contributed by atoms with E-state index in [2.05, 4.69) is 5.10 Å². The van der Waals surface area contributed by atoms with Crippen LogP contribution in [-0.2, 0) is 0 Å². The molecule has 0 amide bonds. The molecule has 0 bridgehead atoms. The maximum absolute atomic E-state index is 12.9. The lowest BCUT2D eigenvalue weighted by atomic mass is 10.3. The van der Waals surface area contributed by atoms with Gasteiger partial charge in [-0.15, -0.1) is 0 Å². The Hall–Kier alpha value is -2.37. The number of aromatic nitrogens is 2. The lowest BCUT2D eigenvalue weighted by Crippen LogP contribution is -2.06. The van der Waals surface area contributed by atoms with Crippen molar-refractivity contribution in [3.05, 3.63) is 46.0 Å². The summed E-state index contributed by atoms with van der Waals surface area (Å²) in [6.07, 6.45) is 0.240. The van der Waals surface area contributed by atoms with Crippen molar-refractivity contribution >= 4 is 6.29 Å². The summed E-state index contributed by atoms with van der Waals surface area (Å²) in [5.41, 5.74) is -0.885. The van der Waals surface area contributed by atoms with Crippen molar-refractivity contribution in [3.8, 4) is 11.6 Å². The highest BCUT2D eigenvalue weighted by atomic mass is 19.1. The number of nitrogens with one attached hydrogen (secondary N) is 1. The zero-order valence-electron chi connectivity index (χ0n) is 7.98. The normalized spacial score (nSPS) is 10.3. The molecule has 0 fully saturated rings. The van der Waals surface area contributed by atoms with E-state index in [1.165, 1.54) is 18.2 Å². The summed E-state index contributed by atoms with van der Waals surface area (Å²) in [7, 11) is 0. The van der Waals surface area contributed by atoms with Crippen LogP contribution in [0.15, 0.2) is 29.1 Å². The number of H-pyrrole nitrogens is 1. The number of carbonyl (C=O) groups excluding carboxylic acids is 1. The number of carbonyl (C=O) groups is 1. The number of aldehydes is 1. The van der Waals surface area contributed by atoms with Crippen molar-refractivity contribution in [2.24, 2.45) is 0 Å². The Balaban J connectivity index is 2.65. The van der Waals surface area contributed by atoms with Crippen molar-refractivity contribution in [2.75, 3.05) is 0 Å². The molecule has 0 atom stereocenters.